The van der Waals surface area contributed by atoms with E-state index in [-0.39, 0.29) is 24.0 Å². The molecule has 28 heavy (non-hydrogen) atoms. The number of piperidine rings is 2. The number of nitrogens with zero attached hydrogens (tertiary/aromatic N) is 3. The highest BCUT2D eigenvalue weighted by atomic mass is 35.5. The van der Waals surface area contributed by atoms with Crippen molar-refractivity contribution in [3.63, 3.8) is 0 Å². The summed E-state index contributed by atoms with van der Waals surface area (Å²) in [5.74, 6) is 0.110. The number of hydrogen-bond acceptors (Lipinski definition) is 3. The summed E-state index contributed by atoms with van der Waals surface area (Å²) in [6, 6.07) is 5.91. The minimum atomic E-state index is -0.0227. The fourth-order valence-corrected chi connectivity index (χ4v) is 4.53. The molecule has 2 aliphatic rings. The summed E-state index contributed by atoms with van der Waals surface area (Å²) >= 11 is 12.2. The first-order chi connectivity index (χ1) is 13.3. The van der Waals surface area contributed by atoms with Gasteiger partial charge >= 0.3 is 6.03 Å². The number of nitrogens with one attached hydrogen (secondary N) is 1. The highest BCUT2D eigenvalue weighted by Gasteiger charge is 2.28. The van der Waals surface area contributed by atoms with Gasteiger partial charge < -0.3 is 20.0 Å². The lowest BCUT2D eigenvalue weighted by Gasteiger charge is -2.38. The molecule has 0 radical (unpaired) electrons. The molecule has 1 aromatic carbocycles. The normalized spacial score (nSPS) is 18.9. The van der Waals surface area contributed by atoms with Crippen LogP contribution in [0.1, 0.15) is 32.6 Å². The molecule has 0 aromatic heterocycles. The zero-order valence-electron chi connectivity index (χ0n) is 16.5. The van der Waals surface area contributed by atoms with Crippen molar-refractivity contribution in [2.75, 3.05) is 38.1 Å². The van der Waals surface area contributed by atoms with Crippen LogP contribution in [0.2, 0.25) is 10.0 Å². The third kappa shape index (κ3) is 5.23. The lowest BCUT2D eigenvalue weighted by molar-refractivity contribution is -0.130. The van der Waals surface area contributed by atoms with Gasteiger partial charge in [0.25, 0.3) is 0 Å². The van der Waals surface area contributed by atoms with Crippen LogP contribution in [0.3, 0.4) is 0 Å². The summed E-state index contributed by atoms with van der Waals surface area (Å²) in [4.78, 5) is 30.0. The van der Waals surface area contributed by atoms with Crippen molar-refractivity contribution in [3.05, 3.63) is 28.2 Å². The molecule has 8 heteroatoms. The molecule has 2 fully saturated rings. The van der Waals surface area contributed by atoms with Crippen molar-refractivity contribution in [3.8, 4) is 0 Å². The molecule has 0 unspecified atom stereocenters. The van der Waals surface area contributed by atoms with E-state index in [0.29, 0.717) is 10.0 Å². The number of amides is 3. The largest absolute Gasteiger partial charge is 0.371 e. The van der Waals surface area contributed by atoms with Crippen molar-refractivity contribution in [2.24, 2.45) is 0 Å². The minimum Gasteiger partial charge on any atom is -0.371 e. The van der Waals surface area contributed by atoms with E-state index < -0.39 is 0 Å². The van der Waals surface area contributed by atoms with E-state index in [9.17, 15) is 9.59 Å². The van der Waals surface area contributed by atoms with Gasteiger partial charge in [0.15, 0.2) is 0 Å². The maximum Gasteiger partial charge on any atom is 0.317 e. The first-order valence-electron chi connectivity index (χ1n) is 9.83. The van der Waals surface area contributed by atoms with Gasteiger partial charge in [-0.3, -0.25) is 4.79 Å². The predicted molar refractivity (Wildman–Crippen MR) is 113 cm³/mol. The van der Waals surface area contributed by atoms with Crippen molar-refractivity contribution < 1.29 is 9.59 Å². The van der Waals surface area contributed by atoms with Crippen LogP contribution in [-0.4, -0.2) is 67.0 Å². The van der Waals surface area contributed by atoms with Gasteiger partial charge in [0.1, 0.15) is 0 Å². The summed E-state index contributed by atoms with van der Waals surface area (Å²) in [6.45, 7) is 4.74. The SMILES string of the molecule is CC(=O)N1CCC(N(C)C(=O)NC2CCN(c3cc(Cl)cc(Cl)c3)CC2)CC1. The summed E-state index contributed by atoms with van der Waals surface area (Å²) in [7, 11) is 1.85. The van der Waals surface area contributed by atoms with Gasteiger partial charge in [0.05, 0.1) is 0 Å². The zero-order valence-corrected chi connectivity index (χ0v) is 18.0. The van der Waals surface area contributed by atoms with E-state index in [4.69, 9.17) is 23.2 Å². The molecule has 2 aliphatic heterocycles. The van der Waals surface area contributed by atoms with Gasteiger partial charge in [-0.05, 0) is 43.9 Å². The summed E-state index contributed by atoms with van der Waals surface area (Å²) in [5, 5.41) is 4.44. The third-order valence-corrected chi connectivity index (χ3v) is 6.25. The predicted octanol–water partition coefficient (Wildman–Crippen LogP) is 3.61. The molecule has 2 heterocycles. The van der Waals surface area contributed by atoms with E-state index in [1.807, 2.05) is 24.1 Å². The Labute approximate surface area is 176 Å². The van der Waals surface area contributed by atoms with Crippen LogP contribution in [0.4, 0.5) is 10.5 Å². The standard InChI is InChI=1S/C20H28Cl2N4O2/c1-14(27)25-9-5-18(6-10-25)24(2)20(28)23-17-3-7-26(8-4-17)19-12-15(21)11-16(22)13-19/h11-13,17-18H,3-10H2,1-2H3,(H,23,28). The van der Waals surface area contributed by atoms with Gasteiger partial charge in [0, 0.05) is 68.0 Å². The van der Waals surface area contributed by atoms with Crippen molar-refractivity contribution in [2.45, 2.75) is 44.7 Å². The molecule has 1 N–H and O–H groups in total. The molecule has 0 aliphatic carbocycles. The number of carbonyl (C=O) groups excluding carboxylic acids is 2. The average Bonchev–Trinajstić information content (AvgIpc) is 2.67. The first kappa shape index (κ1) is 21.1. The van der Waals surface area contributed by atoms with Crippen LogP contribution in [0.15, 0.2) is 18.2 Å². The Bertz CT molecular complexity index is 694. The molecule has 0 atom stereocenters. The fraction of sp³-hybridized carbons (Fsp3) is 0.600. The molecule has 3 amide bonds. The Morgan fingerprint density at radius 3 is 2.11 bits per heavy atom. The van der Waals surface area contributed by atoms with E-state index >= 15 is 0 Å². The molecule has 0 saturated carbocycles. The number of carbonyl (C=O) groups is 2. The van der Waals surface area contributed by atoms with Crippen molar-refractivity contribution in [1.29, 1.82) is 0 Å². The molecular formula is C20H28Cl2N4O2. The number of anilines is 1. The number of halogens is 2. The Hall–Kier alpha value is -1.66. The molecule has 1 aromatic rings. The van der Waals surface area contributed by atoms with Gasteiger partial charge in [-0.15, -0.1) is 0 Å². The van der Waals surface area contributed by atoms with E-state index in [1.54, 1.807) is 17.9 Å². The smallest absolute Gasteiger partial charge is 0.317 e. The summed E-state index contributed by atoms with van der Waals surface area (Å²) in [5.41, 5.74) is 1.02. The molecule has 154 valence electrons. The van der Waals surface area contributed by atoms with Gasteiger partial charge in [-0.1, -0.05) is 23.2 Å². The van der Waals surface area contributed by atoms with Gasteiger partial charge in [-0.25, -0.2) is 4.79 Å². The quantitative estimate of drug-likeness (QED) is 0.802. The number of benzene rings is 1. The molecular weight excluding hydrogens is 399 g/mol. The zero-order chi connectivity index (χ0) is 20.3. The highest BCUT2D eigenvalue weighted by molar-refractivity contribution is 6.35. The number of urea groups is 1. The van der Waals surface area contributed by atoms with E-state index in [2.05, 4.69) is 10.2 Å². The monoisotopic (exact) mass is 426 g/mol. The highest BCUT2D eigenvalue weighted by Crippen LogP contribution is 2.27. The first-order valence-corrected chi connectivity index (χ1v) is 10.6. The van der Waals surface area contributed by atoms with E-state index in [0.717, 1.165) is 57.5 Å². The number of likely N-dealkylation sites (tertiary alicyclic amines) is 1. The molecule has 3 rings (SSSR count). The van der Waals surface area contributed by atoms with Crippen LogP contribution < -0.4 is 10.2 Å². The van der Waals surface area contributed by atoms with Gasteiger partial charge in [-0.2, -0.15) is 0 Å². The topological polar surface area (TPSA) is 55.9 Å². The summed E-state index contributed by atoms with van der Waals surface area (Å²) in [6.07, 6.45) is 3.42. The van der Waals surface area contributed by atoms with Crippen molar-refractivity contribution in [1.82, 2.24) is 15.1 Å². The van der Waals surface area contributed by atoms with Crippen LogP contribution >= 0.6 is 23.2 Å². The lowest BCUT2D eigenvalue weighted by atomic mass is 10.0. The Morgan fingerprint density at radius 2 is 1.57 bits per heavy atom. The maximum absolute atomic E-state index is 12.7. The minimum absolute atomic E-state index is 0.0227. The molecule has 0 spiro atoms. The Kier molecular flexibility index (Phi) is 6.94. The van der Waals surface area contributed by atoms with Crippen LogP contribution in [0.5, 0.6) is 0 Å². The Balaban J connectivity index is 1.46. The third-order valence-electron chi connectivity index (χ3n) is 5.81. The second kappa shape index (κ2) is 9.23. The summed E-state index contributed by atoms with van der Waals surface area (Å²) < 4.78 is 0. The van der Waals surface area contributed by atoms with E-state index in [1.165, 1.54) is 0 Å². The molecule has 6 nitrogen and oxygen atoms in total. The average molecular weight is 427 g/mol. The van der Waals surface area contributed by atoms with Gasteiger partial charge in [0.2, 0.25) is 5.91 Å². The Morgan fingerprint density at radius 1 is 1.00 bits per heavy atom. The molecule has 2 saturated heterocycles. The molecule has 0 bridgehead atoms. The maximum atomic E-state index is 12.7. The fourth-order valence-electron chi connectivity index (χ4n) is 4.01. The second-order valence-electron chi connectivity index (χ2n) is 7.69. The van der Waals surface area contributed by atoms with Crippen molar-refractivity contribution >= 4 is 40.8 Å². The van der Waals surface area contributed by atoms with Crippen LogP contribution in [-0.2, 0) is 4.79 Å². The number of rotatable bonds is 3. The lowest BCUT2D eigenvalue weighted by Crippen LogP contribution is -2.53. The van der Waals surface area contributed by atoms with Crippen LogP contribution in [0.25, 0.3) is 0 Å². The number of hydrogen-bond donors (Lipinski definition) is 1. The van der Waals surface area contributed by atoms with Crippen LogP contribution in [0, 0.1) is 0 Å². The second-order valence-corrected chi connectivity index (χ2v) is 8.56.